The van der Waals surface area contributed by atoms with Crippen molar-refractivity contribution in [1.82, 2.24) is 5.43 Å². The van der Waals surface area contributed by atoms with Crippen LogP contribution >= 0.6 is 0 Å². The van der Waals surface area contributed by atoms with E-state index in [0.717, 1.165) is 5.56 Å². The molecule has 0 aliphatic carbocycles. The van der Waals surface area contributed by atoms with Crippen LogP contribution in [0, 0.1) is 5.82 Å². The van der Waals surface area contributed by atoms with Gasteiger partial charge in [0.15, 0.2) is 11.5 Å². The Bertz CT molecular complexity index is 1140. The Hall–Kier alpha value is -4.13. The summed E-state index contributed by atoms with van der Waals surface area (Å²) in [5.74, 6) is -0.493. The maximum atomic E-state index is 13.1. The summed E-state index contributed by atoms with van der Waals surface area (Å²) in [4.78, 5) is 25.4. The van der Waals surface area contributed by atoms with Gasteiger partial charge in [0, 0.05) is 5.56 Å². The van der Waals surface area contributed by atoms with E-state index in [1.54, 1.807) is 54.6 Å². The van der Waals surface area contributed by atoms with Gasteiger partial charge in [0.1, 0.15) is 18.0 Å². The number of rotatable bonds is 6. The minimum absolute atomic E-state index is 0.0243. The molecule has 7 heteroatoms. The van der Waals surface area contributed by atoms with Gasteiger partial charge in [-0.05, 0) is 42.0 Å². The number of hydrazine groups is 1. The molecule has 0 saturated carbocycles. The minimum atomic E-state index is -0.513. The van der Waals surface area contributed by atoms with Crippen LogP contribution < -0.4 is 19.9 Å². The normalized spacial score (nSPS) is 14.6. The van der Waals surface area contributed by atoms with Gasteiger partial charge in [-0.15, -0.1) is 0 Å². The zero-order valence-corrected chi connectivity index (χ0v) is 16.7. The number of amides is 2. The van der Waals surface area contributed by atoms with Gasteiger partial charge in [-0.2, -0.15) is 0 Å². The number of para-hydroxylation sites is 2. The van der Waals surface area contributed by atoms with E-state index < -0.39 is 11.8 Å². The lowest BCUT2D eigenvalue weighted by molar-refractivity contribution is -0.117. The molecular weight excluding hydrogens is 399 g/mol. The van der Waals surface area contributed by atoms with Crippen molar-refractivity contribution in [2.45, 2.75) is 6.61 Å². The monoisotopic (exact) mass is 418 g/mol. The third-order valence-electron chi connectivity index (χ3n) is 4.73. The Balaban J connectivity index is 1.64. The molecule has 4 rings (SSSR count). The lowest BCUT2D eigenvalue weighted by atomic mass is 10.1. The number of nitrogens with zero attached hydrogens (tertiary/aromatic N) is 1. The molecule has 1 aliphatic heterocycles. The molecule has 0 aromatic heterocycles. The number of benzene rings is 3. The smallest absolute Gasteiger partial charge is 0.282 e. The van der Waals surface area contributed by atoms with Gasteiger partial charge in [0.25, 0.3) is 11.8 Å². The average molecular weight is 418 g/mol. The van der Waals surface area contributed by atoms with Gasteiger partial charge in [0.05, 0.1) is 12.8 Å². The first-order valence-electron chi connectivity index (χ1n) is 9.53. The van der Waals surface area contributed by atoms with Gasteiger partial charge in [-0.25, -0.2) is 9.40 Å². The Morgan fingerprint density at radius 2 is 1.71 bits per heavy atom. The first-order chi connectivity index (χ1) is 15.1. The van der Waals surface area contributed by atoms with Crippen LogP contribution in [0.2, 0.25) is 0 Å². The molecule has 1 fully saturated rings. The van der Waals surface area contributed by atoms with E-state index in [1.807, 2.05) is 6.07 Å². The van der Waals surface area contributed by atoms with Crippen molar-refractivity contribution in [3.63, 3.8) is 0 Å². The van der Waals surface area contributed by atoms with Crippen molar-refractivity contribution >= 4 is 23.6 Å². The fraction of sp³-hybridized carbons (Fsp3) is 0.0833. The van der Waals surface area contributed by atoms with E-state index >= 15 is 0 Å². The van der Waals surface area contributed by atoms with Crippen LogP contribution in [-0.2, 0) is 16.2 Å². The molecule has 1 N–H and O–H groups in total. The zero-order chi connectivity index (χ0) is 21.8. The Morgan fingerprint density at radius 3 is 2.42 bits per heavy atom. The van der Waals surface area contributed by atoms with E-state index in [-0.39, 0.29) is 18.0 Å². The van der Waals surface area contributed by atoms with Crippen molar-refractivity contribution in [2.75, 3.05) is 12.1 Å². The van der Waals surface area contributed by atoms with E-state index in [9.17, 15) is 14.0 Å². The maximum absolute atomic E-state index is 13.1. The summed E-state index contributed by atoms with van der Waals surface area (Å²) >= 11 is 0. The van der Waals surface area contributed by atoms with Crippen LogP contribution in [0.5, 0.6) is 11.5 Å². The van der Waals surface area contributed by atoms with Crippen molar-refractivity contribution in [3.8, 4) is 11.5 Å². The molecule has 3 aromatic rings. The molecule has 3 aromatic carbocycles. The molecule has 0 spiro atoms. The number of nitrogens with one attached hydrogen (secondary N) is 1. The molecule has 0 radical (unpaired) electrons. The summed E-state index contributed by atoms with van der Waals surface area (Å²) < 4.78 is 24.5. The third-order valence-corrected chi connectivity index (χ3v) is 4.73. The number of hydrogen-bond donors (Lipinski definition) is 1. The predicted molar refractivity (Wildman–Crippen MR) is 114 cm³/mol. The highest BCUT2D eigenvalue weighted by molar-refractivity contribution is 6.31. The number of halogens is 1. The van der Waals surface area contributed by atoms with Crippen LogP contribution in [-0.4, -0.2) is 18.9 Å². The fourth-order valence-electron chi connectivity index (χ4n) is 3.17. The van der Waals surface area contributed by atoms with Crippen molar-refractivity contribution < 1.29 is 23.5 Å². The maximum Gasteiger partial charge on any atom is 0.282 e. The highest BCUT2D eigenvalue weighted by atomic mass is 19.1. The SMILES string of the molecule is COc1cccc(/C=C2\C(=O)NN(c3ccccc3)C2=O)c1OCc1ccc(F)cc1. The van der Waals surface area contributed by atoms with Crippen molar-refractivity contribution in [2.24, 2.45) is 0 Å². The van der Waals surface area contributed by atoms with E-state index in [1.165, 1.54) is 30.3 Å². The molecular formula is C24H19FN2O4. The lowest BCUT2D eigenvalue weighted by Gasteiger charge is -2.14. The second-order valence-corrected chi connectivity index (χ2v) is 6.77. The summed E-state index contributed by atoms with van der Waals surface area (Å²) in [6, 6.07) is 20.0. The molecule has 1 heterocycles. The predicted octanol–water partition coefficient (Wildman–Crippen LogP) is 3.87. The van der Waals surface area contributed by atoms with Crippen LogP contribution in [0.3, 0.4) is 0 Å². The highest BCUT2D eigenvalue weighted by Crippen LogP contribution is 2.34. The van der Waals surface area contributed by atoms with E-state index in [0.29, 0.717) is 22.7 Å². The number of ether oxygens (including phenoxy) is 2. The second kappa shape index (κ2) is 8.71. The summed E-state index contributed by atoms with van der Waals surface area (Å²) in [5.41, 5.74) is 4.37. The number of carbonyl (C=O) groups is 2. The zero-order valence-electron chi connectivity index (χ0n) is 16.7. The Kier molecular flexibility index (Phi) is 5.66. The largest absolute Gasteiger partial charge is 0.493 e. The van der Waals surface area contributed by atoms with E-state index in [2.05, 4.69) is 5.43 Å². The summed E-state index contributed by atoms with van der Waals surface area (Å²) in [5, 5.41) is 1.20. The molecule has 1 aliphatic rings. The molecule has 1 saturated heterocycles. The van der Waals surface area contributed by atoms with Gasteiger partial charge in [-0.1, -0.05) is 42.5 Å². The minimum Gasteiger partial charge on any atom is -0.493 e. The van der Waals surface area contributed by atoms with Crippen molar-refractivity contribution in [1.29, 1.82) is 0 Å². The molecule has 31 heavy (non-hydrogen) atoms. The lowest BCUT2D eigenvalue weighted by Crippen LogP contribution is -2.35. The van der Waals surface area contributed by atoms with Crippen LogP contribution in [0.25, 0.3) is 6.08 Å². The summed E-state index contributed by atoms with van der Waals surface area (Å²) in [6.45, 7) is 0.160. The highest BCUT2D eigenvalue weighted by Gasteiger charge is 2.34. The average Bonchev–Trinajstić information content (AvgIpc) is 3.08. The first-order valence-corrected chi connectivity index (χ1v) is 9.53. The van der Waals surface area contributed by atoms with Gasteiger partial charge in [0.2, 0.25) is 0 Å². The molecule has 6 nitrogen and oxygen atoms in total. The van der Waals surface area contributed by atoms with E-state index in [4.69, 9.17) is 9.47 Å². The number of methoxy groups -OCH3 is 1. The molecule has 2 amide bonds. The fourth-order valence-corrected chi connectivity index (χ4v) is 3.17. The van der Waals surface area contributed by atoms with Crippen LogP contribution in [0.4, 0.5) is 10.1 Å². The quantitative estimate of drug-likeness (QED) is 0.487. The molecule has 0 bridgehead atoms. The van der Waals surface area contributed by atoms with Crippen LogP contribution in [0.1, 0.15) is 11.1 Å². The van der Waals surface area contributed by atoms with Gasteiger partial charge < -0.3 is 9.47 Å². The number of anilines is 1. The Labute approximate surface area is 178 Å². The second-order valence-electron chi connectivity index (χ2n) is 6.77. The number of carbonyl (C=O) groups excluding carboxylic acids is 2. The van der Waals surface area contributed by atoms with Crippen LogP contribution in [0.15, 0.2) is 78.4 Å². The summed E-state index contributed by atoms with van der Waals surface area (Å²) in [6.07, 6.45) is 1.48. The molecule has 0 atom stereocenters. The summed E-state index contributed by atoms with van der Waals surface area (Å²) in [7, 11) is 1.50. The first kappa shape index (κ1) is 20.2. The van der Waals surface area contributed by atoms with Gasteiger partial charge in [-0.3, -0.25) is 15.0 Å². The third kappa shape index (κ3) is 4.25. The molecule has 0 unspecified atom stereocenters. The Morgan fingerprint density at radius 1 is 0.968 bits per heavy atom. The van der Waals surface area contributed by atoms with Crippen molar-refractivity contribution in [3.05, 3.63) is 95.3 Å². The van der Waals surface area contributed by atoms with Gasteiger partial charge >= 0.3 is 0 Å². The topological polar surface area (TPSA) is 67.9 Å². The molecule has 156 valence electrons. The number of hydrogen-bond acceptors (Lipinski definition) is 4. The standard InChI is InChI=1S/C24H19FN2O4/c1-30-21-9-5-6-17(22(21)31-15-16-10-12-18(25)13-11-16)14-20-23(28)26-27(24(20)29)19-7-3-2-4-8-19/h2-14H,15H2,1H3,(H,26,28)/b20-14+.